The number of allylic oxidation sites excluding steroid dienone is 5. The van der Waals surface area contributed by atoms with E-state index in [9.17, 15) is 9.36 Å². The molecule has 0 N–H and O–H groups in total. The molecule has 0 aliphatic rings. The molecular weight excluding hydrogens is 439 g/mol. The van der Waals surface area contributed by atoms with Gasteiger partial charge in [-0.3, -0.25) is 4.57 Å². The van der Waals surface area contributed by atoms with Crippen LogP contribution < -0.4 is 0 Å². The Balaban J connectivity index is 2.94. The van der Waals surface area contributed by atoms with Crippen molar-refractivity contribution >= 4 is 13.6 Å². The molecule has 0 amide bonds. The Morgan fingerprint density at radius 3 is 2.03 bits per heavy atom. The Morgan fingerprint density at radius 1 is 0.909 bits per heavy atom. The lowest BCUT2D eigenvalue weighted by atomic mass is 10.1. The van der Waals surface area contributed by atoms with Crippen LogP contribution in [0.4, 0.5) is 0 Å². The van der Waals surface area contributed by atoms with E-state index in [-0.39, 0.29) is 0 Å². The summed E-state index contributed by atoms with van der Waals surface area (Å²) in [6.07, 6.45) is 8.76. The SMILES string of the molecule is CO[C@H](C(=O)O[C@H](/C=C(\C)CC/C=C(\C)CCC=C(C)C)P(=O)(OC)OC)c1ccccc1. The first-order chi connectivity index (χ1) is 15.7. The van der Waals surface area contributed by atoms with Gasteiger partial charge < -0.3 is 18.5 Å². The molecule has 33 heavy (non-hydrogen) atoms. The zero-order valence-corrected chi connectivity index (χ0v) is 21.9. The van der Waals surface area contributed by atoms with E-state index in [4.69, 9.17) is 18.5 Å². The average Bonchev–Trinajstić information content (AvgIpc) is 2.79. The number of hydrogen-bond donors (Lipinski definition) is 0. The third-order valence-corrected chi connectivity index (χ3v) is 7.06. The molecule has 0 unspecified atom stereocenters. The summed E-state index contributed by atoms with van der Waals surface area (Å²) in [7, 11) is 0.262. The van der Waals surface area contributed by atoms with Gasteiger partial charge in [-0.2, -0.15) is 0 Å². The monoisotopic (exact) mass is 478 g/mol. The molecule has 0 aromatic heterocycles. The fraction of sp³-hybridized carbons (Fsp3) is 0.500. The first-order valence-electron chi connectivity index (χ1n) is 11.1. The summed E-state index contributed by atoms with van der Waals surface area (Å²) in [5.41, 5.74) is 4.21. The van der Waals surface area contributed by atoms with E-state index in [2.05, 4.69) is 32.9 Å². The number of ether oxygens (including phenoxy) is 2. The minimum Gasteiger partial charge on any atom is -0.443 e. The van der Waals surface area contributed by atoms with Crippen molar-refractivity contribution in [2.45, 2.75) is 65.3 Å². The van der Waals surface area contributed by atoms with Gasteiger partial charge in [0.2, 0.25) is 5.85 Å². The maximum Gasteiger partial charge on any atom is 0.374 e. The van der Waals surface area contributed by atoms with Gasteiger partial charge in [0.25, 0.3) is 0 Å². The van der Waals surface area contributed by atoms with Crippen LogP contribution in [-0.2, 0) is 27.9 Å². The highest BCUT2D eigenvalue weighted by atomic mass is 31.2. The highest BCUT2D eigenvalue weighted by Gasteiger charge is 2.38. The second-order valence-electron chi connectivity index (χ2n) is 8.18. The summed E-state index contributed by atoms with van der Waals surface area (Å²) < 4.78 is 34.3. The molecule has 0 heterocycles. The number of benzene rings is 1. The van der Waals surface area contributed by atoms with Gasteiger partial charge in [-0.1, -0.05) is 59.2 Å². The highest BCUT2D eigenvalue weighted by molar-refractivity contribution is 7.54. The Labute approximate surface area is 199 Å². The van der Waals surface area contributed by atoms with Crippen LogP contribution >= 0.6 is 7.60 Å². The van der Waals surface area contributed by atoms with Gasteiger partial charge >= 0.3 is 13.6 Å². The van der Waals surface area contributed by atoms with E-state index in [1.165, 1.54) is 32.5 Å². The zero-order chi connectivity index (χ0) is 24.9. The standard InChI is InChI=1S/C26H39O6P/c1-20(2)13-11-14-21(3)15-12-16-22(4)19-24(33(28,30-6)31-7)32-26(27)25(29-5)23-17-9-8-10-18-23/h8-10,13,15,17-19,24-25H,11-12,14,16H2,1-7H3/b21-15+,22-19+/t24-,25-/m0/s1. The first-order valence-corrected chi connectivity index (χ1v) is 12.7. The second-order valence-corrected chi connectivity index (χ2v) is 10.5. The van der Waals surface area contributed by atoms with E-state index in [0.29, 0.717) is 5.56 Å². The summed E-state index contributed by atoms with van der Waals surface area (Å²) in [5.74, 6) is -1.84. The summed E-state index contributed by atoms with van der Waals surface area (Å²) in [5, 5.41) is 0. The Hall–Kier alpha value is -1.98. The molecule has 0 bridgehead atoms. The molecule has 0 saturated carbocycles. The van der Waals surface area contributed by atoms with Crippen molar-refractivity contribution < 1.29 is 27.9 Å². The van der Waals surface area contributed by atoms with E-state index in [1.54, 1.807) is 30.3 Å². The Kier molecular flexibility index (Phi) is 13.2. The molecule has 0 radical (unpaired) electrons. The lowest BCUT2D eigenvalue weighted by Gasteiger charge is -2.24. The first kappa shape index (κ1) is 29.1. The third kappa shape index (κ3) is 10.2. The normalized spacial score (nSPS) is 14.5. The highest BCUT2D eigenvalue weighted by Crippen LogP contribution is 2.53. The van der Waals surface area contributed by atoms with Gasteiger partial charge in [-0.05, 0) is 65.0 Å². The van der Waals surface area contributed by atoms with Crippen LogP contribution in [0.25, 0.3) is 0 Å². The number of carbonyl (C=O) groups excluding carboxylic acids is 1. The Bertz CT molecular complexity index is 860. The van der Waals surface area contributed by atoms with Crippen LogP contribution in [0.5, 0.6) is 0 Å². The predicted octanol–water partition coefficient (Wildman–Crippen LogP) is 7.15. The van der Waals surface area contributed by atoms with Crippen LogP contribution in [0.1, 0.15) is 65.0 Å². The van der Waals surface area contributed by atoms with Crippen LogP contribution in [0, 0.1) is 0 Å². The van der Waals surface area contributed by atoms with Crippen molar-refractivity contribution in [1.82, 2.24) is 0 Å². The molecule has 0 aliphatic carbocycles. The number of rotatable bonds is 14. The van der Waals surface area contributed by atoms with Crippen molar-refractivity contribution in [3.05, 3.63) is 70.8 Å². The molecule has 1 aromatic carbocycles. The lowest BCUT2D eigenvalue weighted by Crippen LogP contribution is -2.24. The number of hydrogen-bond acceptors (Lipinski definition) is 6. The van der Waals surface area contributed by atoms with Crippen LogP contribution in [0.2, 0.25) is 0 Å². The van der Waals surface area contributed by atoms with Gasteiger partial charge in [0.1, 0.15) is 0 Å². The number of methoxy groups -OCH3 is 1. The largest absolute Gasteiger partial charge is 0.443 e. The summed E-state index contributed by atoms with van der Waals surface area (Å²) in [6, 6.07) is 8.99. The summed E-state index contributed by atoms with van der Waals surface area (Å²) in [4.78, 5) is 12.9. The molecular formula is C26H39O6P. The minimum absolute atomic E-state index is 0.642. The fourth-order valence-electron chi connectivity index (χ4n) is 3.21. The molecule has 2 atom stereocenters. The molecule has 6 nitrogen and oxygen atoms in total. The average molecular weight is 479 g/mol. The summed E-state index contributed by atoms with van der Waals surface area (Å²) in [6.45, 7) is 8.24. The summed E-state index contributed by atoms with van der Waals surface area (Å²) >= 11 is 0. The molecule has 0 fully saturated rings. The van der Waals surface area contributed by atoms with Crippen LogP contribution in [0.15, 0.2) is 65.3 Å². The van der Waals surface area contributed by atoms with Gasteiger partial charge in [-0.25, -0.2) is 4.79 Å². The van der Waals surface area contributed by atoms with Crippen molar-refractivity contribution in [2.75, 3.05) is 21.3 Å². The molecule has 0 saturated heterocycles. The third-order valence-electron chi connectivity index (χ3n) is 5.16. The molecule has 184 valence electrons. The van der Waals surface area contributed by atoms with E-state index in [0.717, 1.165) is 31.3 Å². The van der Waals surface area contributed by atoms with Crippen molar-refractivity contribution in [3.8, 4) is 0 Å². The molecule has 7 heteroatoms. The predicted molar refractivity (Wildman–Crippen MR) is 133 cm³/mol. The van der Waals surface area contributed by atoms with Crippen molar-refractivity contribution in [1.29, 1.82) is 0 Å². The van der Waals surface area contributed by atoms with Gasteiger partial charge in [-0.15, -0.1) is 0 Å². The maximum atomic E-state index is 13.1. The quantitative estimate of drug-likeness (QED) is 0.161. The van der Waals surface area contributed by atoms with Crippen LogP contribution in [0.3, 0.4) is 0 Å². The Morgan fingerprint density at radius 2 is 1.48 bits per heavy atom. The van der Waals surface area contributed by atoms with Gasteiger partial charge in [0.15, 0.2) is 6.10 Å². The maximum absolute atomic E-state index is 13.1. The minimum atomic E-state index is -3.71. The second kappa shape index (κ2) is 15.0. The number of esters is 1. The van der Waals surface area contributed by atoms with Crippen molar-refractivity contribution in [2.24, 2.45) is 0 Å². The molecule has 1 aromatic rings. The van der Waals surface area contributed by atoms with E-state index in [1.807, 2.05) is 13.0 Å². The van der Waals surface area contributed by atoms with E-state index < -0.39 is 25.5 Å². The molecule has 0 aliphatic heterocycles. The van der Waals surface area contributed by atoms with E-state index >= 15 is 0 Å². The fourth-order valence-corrected chi connectivity index (χ4v) is 4.45. The topological polar surface area (TPSA) is 71.1 Å². The van der Waals surface area contributed by atoms with Crippen molar-refractivity contribution in [3.63, 3.8) is 0 Å². The molecule has 0 spiro atoms. The van der Waals surface area contributed by atoms with Gasteiger partial charge in [0, 0.05) is 21.3 Å². The van der Waals surface area contributed by atoms with Crippen LogP contribution in [-0.4, -0.2) is 33.1 Å². The zero-order valence-electron chi connectivity index (χ0n) is 21.0. The molecule has 1 rings (SSSR count). The smallest absolute Gasteiger partial charge is 0.374 e. The van der Waals surface area contributed by atoms with Gasteiger partial charge in [0.05, 0.1) is 0 Å². The number of carbonyl (C=O) groups is 1. The lowest BCUT2D eigenvalue weighted by molar-refractivity contribution is -0.157.